The molecular weight excluding hydrogens is 310 g/mol. The Hall–Kier alpha value is -0.780. The van der Waals surface area contributed by atoms with Crippen LogP contribution in [0.25, 0.3) is 10.7 Å². The molecule has 18 heavy (non-hydrogen) atoms. The smallest absolute Gasteiger partial charge is 0.170 e. The van der Waals surface area contributed by atoms with Gasteiger partial charge in [-0.05, 0) is 53.7 Å². The Bertz CT molecular complexity index is 567. The maximum Gasteiger partial charge on any atom is 0.170 e. The number of hydrogen-bond acceptors (Lipinski definition) is 4. The van der Waals surface area contributed by atoms with Gasteiger partial charge in [-0.2, -0.15) is 0 Å². The lowest BCUT2D eigenvalue weighted by molar-refractivity contribution is 0.488. The summed E-state index contributed by atoms with van der Waals surface area (Å²) in [5.41, 5.74) is 2.46. The van der Waals surface area contributed by atoms with E-state index in [1.807, 2.05) is 19.3 Å². The zero-order valence-corrected chi connectivity index (χ0v) is 12.5. The van der Waals surface area contributed by atoms with E-state index in [2.05, 4.69) is 31.6 Å². The molecule has 0 aromatic carbocycles. The van der Waals surface area contributed by atoms with Crippen molar-refractivity contribution in [1.82, 2.24) is 15.3 Å². The summed E-state index contributed by atoms with van der Waals surface area (Å²) in [5, 5.41) is 5.39. The van der Waals surface area contributed by atoms with Gasteiger partial charge in [0.05, 0.1) is 4.88 Å². The van der Waals surface area contributed by atoms with Gasteiger partial charge in [0, 0.05) is 28.0 Å². The van der Waals surface area contributed by atoms with Crippen LogP contribution in [0, 0.1) is 0 Å². The number of nitrogens with one attached hydrogen (secondary N) is 1. The topological polar surface area (TPSA) is 37.8 Å². The molecule has 3 rings (SSSR count). The molecule has 2 aromatic rings. The second-order valence-electron chi connectivity index (χ2n) is 4.43. The number of hydrogen-bond donors (Lipinski definition) is 1. The molecule has 0 spiro atoms. The molecule has 2 aromatic heterocycles. The maximum absolute atomic E-state index is 4.74. The highest BCUT2D eigenvalue weighted by Crippen LogP contribution is 2.34. The lowest BCUT2D eigenvalue weighted by Crippen LogP contribution is -2.22. The van der Waals surface area contributed by atoms with Crippen LogP contribution in [0.1, 0.15) is 30.1 Å². The lowest BCUT2D eigenvalue weighted by atomic mass is 9.92. The van der Waals surface area contributed by atoms with Gasteiger partial charge in [-0.25, -0.2) is 9.97 Å². The zero-order valence-electron chi connectivity index (χ0n) is 10.1. The van der Waals surface area contributed by atoms with E-state index >= 15 is 0 Å². The summed E-state index contributed by atoms with van der Waals surface area (Å²) in [4.78, 5) is 10.4. The Morgan fingerprint density at radius 3 is 3.11 bits per heavy atom. The zero-order chi connectivity index (χ0) is 12.5. The predicted molar refractivity (Wildman–Crippen MR) is 77.8 cm³/mol. The monoisotopic (exact) mass is 323 g/mol. The first-order chi connectivity index (χ1) is 8.79. The third-order valence-corrected chi connectivity index (χ3v) is 5.18. The van der Waals surface area contributed by atoms with Crippen LogP contribution in [0.15, 0.2) is 22.1 Å². The van der Waals surface area contributed by atoms with Gasteiger partial charge in [0.25, 0.3) is 0 Å². The summed E-state index contributed by atoms with van der Waals surface area (Å²) in [7, 11) is 2.00. The SMILES string of the molecule is CNC1CCCc2nc(-c3sccc3Br)ncc21. The lowest BCUT2D eigenvalue weighted by Gasteiger charge is -2.24. The minimum atomic E-state index is 0.412. The molecule has 0 aliphatic heterocycles. The average Bonchev–Trinajstić information content (AvgIpc) is 2.83. The summed E-state index contributed by atoms with van der Waals surface area (Å²) < 4.78 is 1.08. The Labute approximate surface area is 119 Å². The molecule has 0 bridgehead atoms. The van der Waals surface area contributed by atoms with Crippen LogP contribution in [-0.4, -0.2) is 17.0 Å². The predicted octanol–water partition coefficient (Wildman–Crippen LogP) is 3.56. The largest absolute Gasteiger partial charge is 0.313 e. The fourth-order valence-electron chi connectivity index (χ4n) is 2.41. The van der Waals surface area contributed by atoms with Crippen molar-refractivity contribution < 1.29 is 0 Å². The van der Waals surface area contributed by atoms with Gasteiger partial charge in [-0.3, -0.25) is 0 Å². The number of aromatic nitrogens is 2. The number of rotatable bonds is 2. The first-order valence-electron chi connectivity index (χ1n) is 6.06. The third kappa shape index (κ3) is 2.11. The third-order valence-electron chi connectivity index (χ3n) is 3.35. The maximum atomic E-state index is 4.74. The molecule has 0 fully saturated rings. The van der Waals surface area contributed by atoms with Gasteiger partial charge in [-0.1, -0.05) is 0 Å². The molecule has 0 radical (unpaired) electrons. The number of fused-ring (bicyclic) bond motifs is 1. The van der Waals surface area contributed by atoms with Crippen molar-refractivity contribution in [2.45, 2.75) is 25.3 Å². The number of nitrogens with zero attached hydrogens (tertiary/aromatic N) is 2. The quantitative estimate of drug-likeness (QED) is 0.918. The molecule has 1 aliphatic rings. The standard InChI is InChI=1S/C13H14BrN3S/c1-15-10-3-2-4-11-8(10)7-16-13(17-11)12-9(14)5-6-18-12/h5-7,10,15H,2-4H2,1H3. The van der Waals surface area contributed by atoms with E-state index in [1.165, 1.54) is 24.1 Å². The van der Waals surface area contributed by atoms with E-state index in [1.54, 1.807) is 11.3 Å². The molecular formula is C13H14BrN3S. The first-order valence-corrected chi connectivity index (χ1v) is 7.73. The number of aryl methyl sites for hydroxylation is 1. The summed E-state index contributed by atoms with van der Waals surface area (Å²) in [5.74, 6) is 0.840. The van der Waals surface area contributed by atoms with Gasteiger partial charge in [0.15, 0.2) is 5.82 Å². The fraction of sp³-hybridized carbons (Fsp3) is 0.385. The van der Waals surface area contributed by atoms with E-state index < -0.39 is 0 Å². The van der Waals surface area contributed by atoms with Gasteiger partial charge < -0.3 is 5.32 Å². The summed E-state index contributed by atoms with van der Waals surface area (Å²) in [6.45, 7) is 0. The van der Waals surface area contributed by atoms with Crippen LogP contribution in [0.2, 0.25) is 0 Å². The van der Waals surface area contributed by atoms with E-state index in [0.29, 0.717) is 6.04 Å². The van der Waals surface area contributed by atoms with Gasteiger partial charge in [0.1, 0.15) is 0 Å². The fourth-order valence-corrected chi connectivity index (χ4v) is 3.90. The summed E-state index contributed by atoms with van der Waals surface area (Å²) >= 11 is 5.21. The number of thiophene rings is 1. The molecule has 3 nitrogen and oxygen atoms in total. The molecule has 0 saturated heterocycles. The second-order valence-corrected chi connectivity index (χ2v) is 6.20. The summed E-state index contributed by atoms with van der Waals surface area (Å²) in [6, 6.07) is 2.45. The Kier molecular flexibility index (Phi) is 3.46. The van der Waals surface area contributed by atoms with Crippen molar-refractivity contribution in [2.24, 2.45) is 0 Å². The van der Waals surface area contributed by atoms with Crippen LogP contribution in [0.4, 0.5) is 0 Å². The van der Waals surface area contributed by atoms with Crippen LogP contribution >= 0.6 is 27.3 Å². The Balaban J connectivity index is 2.04. The molecule has 2 heterocycles. The van der Waals surface area contributed by atoms with Crippen LogP contribution in [0.3, 0.4) is 0 Å². The van der Waals surface area contributed by atoms with E-state index in [0.717, 1.165) is 21.6 Å². The molecule has 0 amide bonds. The first kappa shape index (κ1) is 12.3. The highest BCUT2D eigenvalue weighted by atomic mass is 79.9. The van der Waals surface area contributed by atoms with E-state index in [9.17, 15) is 0 Å². The molecule has 1 atom stereocenters. The van der Waals surface area contributed by atoms with E-state index in [4.69, 9.17) is 4.98 Å². The van der Waals surface area contributed by atoms with Crippen LogP contribution in [-0.2, 0) is 6.42 Å². The molecule has 1 unspecified atom stereocenters. The Morgan fingerprint density at radius 1 is 1.50 bits per heavy atom. The van der Waals surface area contributed by atoms with Gasteiger partial charge in [0.2, 0.25) is 0 Å². The highest BCUT2D eigenvalue weighted by molar-refractivity contribution is 9.10. The van der Waals surface area contributed by atoms with Gasteiger partial charge in [-0.15, -0.1) is 11.3 Å². The average molecular weight is 324 g/mol. The highest BCUT2D eigenvalue weighted by Gasteiger charge is 2.21. The van der Waals surface area contributed by atoms with Crippen LogP contribution < -0.4 is 5.32 Å². The normalized spacial score (nSPS) is 18.7. The summed E-state index contributed by atoms with van der Waals surface area (Å²) in [6.07, 6.45) is 5.42. The minimum absolute atomic E-state index is 0.412. The van der Waals surface area contributed by atoms with Crippen molar-refractivity contribution in [3.05, 3.63) is 33.4 Å². The minimum Gasteiger partial charge on any atom is -0.313 e. The second kappa shape index (κ2) is 5.07. The molecule has 1 aliphatic carbocycles. The van der Waals surface area contributed by atoms with E-state index in [-0.39, 0.29) is 0 Å². The Morgan fingerprint density at radius 2 is 2.39 bits per heavy atom. The van der Waals surface area contributed by atoms with Crippen molar-refractivity contribution >= 4 is 27.3 Å². The molecule has 5 heteroatoms. The van der Waals surface area contributed by atoms with Crippen molar-refractivity contribution in [2.75, 3.05) is 7.05 Å². The van der Waals surface area contributed by atoms with Crippen LogP contribution in [0.5, 0.6) is 0 Å². The van der Waals surface area contributed by atoms with Crippen molar-refractivity contribution in [3.8, 4) is 10.7 Å². The molecule has 0 saturated carbocycles. The van der Waals surface area contributed by atoms with Crippen molar-refractivity contribution in [1.29, 1.82) is 0 Å². The number of halogens is 1. The van der Waals surface area contributed by atoms with Gasteiger partial charge >= 0.3 is 0 Å². The molecule has 94 valence electrons. The molecule has 1 N–H and O–H groups in total. The van der Waals surface area contributed by atoms with Crippen molar-refractivity contribution in [3.63, 3.8) is 0 Å².